The number of rotatable bonds is 4. The van der Waals surface area contributed by atoms with Crippen LogP contribution in [0.4, 0.5) is 11.5 Å². The maximum absolute atomic E-state index is 11.2. The Labute approximate surface area is 131 Å². The van der Waals surface area contributed by atoms with E-state index >= 15 is 0 Å². The van der Waals surface area contributed by atoms with E-state index in [0.717, 1.165) is 5.56 Å². The molecule has 0 atom stereocenters. The van der Waals surface area contributed by atoms with Gasteiger partial charge in [-0.15, -0.1) is 0 Å². The summed E-state index contributed by atoms with van der Waals surface area (Å²) in [6, 6.07) is 7.25. The van der Waals surface area contributed by atoms with Gasteiger partial charge >= 0.3 is 5.69 Å². The lowest BCUT2D eigenvalue weighted by Gasteiger charge is -2.18. The van der Waals surface area contributed by atoms with Crippen LogP contribution in [-0.4, -0.2) is 21.9 Å². The SMILES string of the molecule is Cc1nc(Cl)nc(N(C)Cc2cccc(Cl)c2)c1[N+](=O)[O-]. The molecule has 1 aromatic carbocycles. The van der Waals surface area contributed by atoms with Crippen molar-refractivity contribution < 1.29 is 4.92 Å². The third kappa shape index (κ3) is 3.59. The number of aromatic nitrogens is 2. The van der Waals surface area contributed by atoms with Crippen molar-refractivity contribution in [3.63, 3.8) is 0 Å². The number of halogens is 2. The summed E-state index contributed by atoms with van der Waals surface area (Å²) < 4.78 is 0. The average molecular weight is 327 g/mol. The number of aryl methyl sites for hydroxylation is 1. The van der Waals surface area contributed by atoms with E-state index in [-0.39, 0.29) is 22.5 Å². The highest BCUT2D eigenvalue weighted by Crippen LogP contribution is 2.30. The summed E-state index contributed by atoms with van der Waals surface area (Å²) in [5.41, 5.74) is 0.989. The first kappa shape index (κ1) is 15.5. The van der Waals surface area contributed by atoms with Crippen molar-refractivity contribution in [1.82, 2.24) is 9.97 Å². The zero-order chi connectivity index (χ0) is 15.6. The molecule has 21 heavy (non-hydrogen) atoms. The number of hydrogen-bond donors (Lipinski definition) is 0. The molecule has 8 heteroatoms. The highest BCUT2D eigenvalue weighted by molar-refractivity contribution is 6.30. The first-order chi connectivity index (χ1) is 9.88. The van der Waals surface area contributed by atoms with Gasteiger partial charge in [0.1, 0.15) is 5.69 Å². The first-order valence-electron chi connectivity index (χ1n) is 6.02. The highest BCUT2D eigenvalue weighted by atomic mass is 35.5. The van der Waals surface area contributed by atoms with Crippen LogP contribution in [0.2, 0.25) is 10.3 Å². The van der Waals surface area contributed by atoms with Gasteiger partial charge in [0.2, 0.25) is 11.1 Å². The van der Waals surface area contributed by atoms with Crippen LogP contribution in [0.5, 0.6) is 0 Å². The zero-order valence-corrected chi connectivity index (χ0v) is 12.9. The molecule has 0 radical (unpaired) electrons. The van der Waals surface area contributed by atoms with Crippen molar-refractivity contribution in [3.05, 3.63) is 55.9 Å². The topological polar surface area (TPSA) is 72.2 Å². The smallest absolute Gasteiger partial charge is 0.332 e. The molecule has 6 nitrogen and oxygen atoms in total. The first-order valence-corrected chi connectivity index (χ1v) is 6.78. The molecule has 0 saturated heterocycles. The summed E-state index contributed by atoms with van der Waals surface area (Å²) in [5, 5.41) is 11.8. The van der Waals surface area contributed by atoms with Crippen LogP contribution < -0.4 is 4.90 Å². The fraction of sp³-hybridized carbons (Fsp3) is 0.231. The quantitative estimate of drug-likeness (QED) is 0.487. The van der Waals surface area contributed by atoms with E-state index in [1.807, 2.05) is 12.1 Å². The molecule has 2 rings (SSSR count). The van der Waals surface area contributed by atoms with Crippen LogP contribution in [0.25, 0.3) is 0 Å². The second-order valence-corrected chi connectivity index (χ2v) is 5.27. The Hall–Kier alpha value is -1.92. The number of benzene rings is 1. The molecular formula is C13H12Cl2N4O2. The van der Waals surface area contributed by atoms with Crippen molar-refractivity contribution in [2.45, 2.75) is 13.5 Å². The lowest BCUT2D eigenvalue weighted by molar-refractivity contribution is -0.385. The minimum Gasteiger partial charge on any atom is -0.349 e. The van der Waals surface area contributed by atoms with Crippen LogP contribution in [0.3, 0.4) is 0 Å². The largest absolute Gasteiger partial charge is 0.349 e. The number of hydrogen-bond acceptors (Lipinski definition) is 5. The predicted octanol–water partition coefficient (Wildman–Crippen LogP) is 3.64. The Morgan fingerprint density at radius 2 is 2.05 bits per heavy atom. The van der Waals surface area contributed by atoms with E-state index in [2.05, 4.69) is 9.97 Å². The number of anilines is 1. The molecule has 0 aliphatic carbocycles. The van der Waals surface area contributed by atoms with Gasteiger partial charge < -0.3 is 4.90 Å². The van der Waals surface area contributed by atoms with Gasteiger partial charge in [0.15, 0.2) is 0 Å². The molecule has 0 N–H and O–H groups in total. The number of nitrogens with zero attached hydrogens (tertiary/aromatic N) is 4. The lowest BCUT2D eigenvalue weighted by atomic mass is 10.2. The third-order valence-electron chi connectivity index (χ3n) is 2.87. The van der Waals surface area contributed by atoms with Crippen LogP contribution in [0.15, 0.2) is 24.3 Å². The van der Waals surface area contributed by atoms with E-state index in [9.17, 15) is 10.1 Å². The molecule has 0 saturated carbocycles. The van der Waals surface area contributed by atoms with Gasteiger partial charge in [-0.2, -0.15) is 4.98 Å². The van der Waals surface area contributed by atoms with E-state index in [1.54, 1.807) is 24.1 Å². The van der Waals surface area contributed by atoms with Gasteiger partial charge in [-0.1, -0.05) is 23.7 Å². The molecule has 0 spiro atoms. The summed E-state index contributed by atoms with van der Waals surface area (Å²) in [6.45, 7) is 1.94. The maximum atomic E-state index is 11.2. The standard InChI is InChI=1S/C13H12Cl2N4O2/c1-8-11(19(20)21)12(17-13(15)16-8)18(2)7-9-4-3-5-10(14)6-9/h3-6H,7H2,1-2H3. The molecule has 0 amide bonds. The highest BCUT2D eigenvalue weighted by Gasteiger charge is 2.24. The minimum atomic E-state index is -0.504. The van der Waals surface area contributed by atoms with Crippen molar-refractivity contribution in [1.29, 1.82) is 0 Å². The summed E-state index contributed by atoms with van der Waals surface area (Å²) in [7, 11) is 1.70. The normalized spacial score (nSPS) is 10.5. The second-order valence-electron chi connectivity index (χ2n) is 4.49. The predicted molar refractivity (Wildman–Crippen MR) is 82.0 cm³/mol. The van der Waals surface area contributed by atoms with Crippen LogP contribution in [-0.2, 0) is 6.54 Å². The van der Waals surface area contributed by atoms with Crippen molar-refractivity contribution in [3.8, 4) is 0 Å². The lowest BCUT2D eigenvalue weighted by Crippen LogP contribution is -2.20. The zero-order valence-electron chi connectivity index (χ0n) is 11.4. The van der Waals surface area contributed by atoms with E-state index in [4.69, 9.17) is 23.2 Å². The molecule has 2 aromatic rings. The van der Waals surface area contributed by atoms with E-state index in [1.165, 1.54) is 6.92 Å². The van der Waals surface area contributed by atoms with Crippen LogP contribution >= 0.6 is 23.2 Å². The molecule has 110 valence electrons. The molecule has 1 aromatic heterocycles. The fourth-order valence-electron chi connectivity index (χ4n) is 1.98. The summed E-state index contributed by atoms with van der Waals surface area (Å²) in [4.78, 5) is 20.1. The molecule has 1 heterocycles. The molecule has 0 aliphatic heterocycles. The monoisotopic (exact) mass is 326 g/mol. The third-order valence-corrected chi connectivity index (χ3v) is 3.27. The van der Waals surface area contributed by atoms with Gasteiger partial charge in [-0.05, 0) is 36.2 Å². The van der Waals surface area contributed by atoms with Crippen molar-refractivity contribution >= 4 is 34.7 Å². The Kier molecular flexibility index (Phi) is 4.59. The molecule has 0 unspecified atom stereocenters. The van der Waals surface area contributed by atoms with Gasteiger partial charge in [-0.3, -0.25) is 10.1 Å². The molecule has 0 fully saturated rings. The Bertz CT molecular complexity index is 694. The molecular weight excluding hydrogens is 315 g/mol. The van der Waals surface area contributed by atoms with Gasteiger partial charge in [0.25, 0.3) is 0 Å². The van der Waals surface area contributed by atoms with Gasteiger partial charge in [-0.25, -0.2) is 4.98 Å². The summed E-state index contributed by atoms with van der Waals surface area (Å²) >= 11 is 11.7. The number of nitro groups is 1. The van der Waals surface area contributed by atoms with Crippen molar-refractivity contribution in [2.24, 2.45) is 0 Å². The summed E-state index contributed by atoms with van der Waals surface area (Å²) in [6.07, 6.45) is 0. The fourth-order valence-corrected chi connectivity index (χ4v) is 2.40. The van der Waals surface area contributed by atoms with Gasteiger partial charge in [0.05, 0.1) is 4.92 Å². The maximum Gasteiger partial charge on any atom is 0.332 e. The Morgan fingerprint density at radius 1 is 1.33 bits per heavy atom. The Morgan fingerprint density at radius 3 is 2.67 bits per heavy atom. The van der Waals surface area contributed by atoms with E-state index in [0.29, 0.717) is 11.6 Å². The summed E-state index contributed by atoms with van der Waals surface area (Å²) in [5.74, 6) is 0.178. The molecule has 0 aliphatic rings. The van der Waals surface area contributed by atoms with Gasteiger partial charge in [0, 0.05) is 18.6 Å². The Balaban J connectivity index is 2.39. The van der Waals surface area contributed by atoms with Crippen LogP contribution in [0, 0.1) is 17.0 Å². The minimum absolute atomic E-state index is 0.0222. The van der Waals surface area contributed by atoms with Crippen molar-refractivity contribution in [2.75, 3.05) is 11.9 Å². The second kappa shape index (κ2) is 6.24. The van der Waals surface area contributed by atoms with Crippen LogP contribution in [0.1, 0.15) is 11.3 Å². The molecule has 0 bridgehead atoms. The average Bonchev–Trinajstić information content (AvgIpc) is 2.37. The van der Waals surface area contributed by atoms with E-state index < -0.39 is 4.92 Å².